The van der Waals surface area contributed by atoms with Gasteiger partial charge in [-0.15, -0.1) is 11.3 Å². The van der Waals surface area contributed by atoms with Crippen LogP contribution in [-0.2, 0) is 6.54 Å². The third-order valence-electron chi connectivity index (χ3n) is 4.14. The average Bonchev–Trinajstić information content (AvgIpc) is 3.08. The van der Waals surface area contributed by atoms with E-state index in [2.05, 4.69) is 4.98 Å². The molecule has 1 amide bonds. The molecular formula is C20H15ClN2OS. The van der Waals surface area contributed by atoms with Crippen LogP contribution in [0.5, 0.6) is 0 Å². The second kappa shape index (κ2) is 6.47. The second-order valence-electron chi connectivity index (χ2n) is 5.92. The van der Waals surface area contributed by atoms with Crippen molar-refractivity contribution >= 4 is 49.8 Å². The van der Waals surface area contributed by atoms with Crippen molar-refractivity contribution in [3.8, 4) is 0 Å². The van der Waals surface area contributed by atoms with Crippen LogP contribution >= 0.6 is 22.9 Å². The number of amides is 1. The lowest BCUT2D eigenvalue weighted by Crippen LogP contribution is -2.25. The summed E-state index contributed by atoms with van der Waals surface area (Å²) in [5.74, 6) is -0.00907. The average molecular weight is 367 g/mol. The van der Waals surface area contributed by atoms with Gasteiger partial charge in [0.1, 0.15) is 5.15 Å². The molecule has 2 heterocycles. The van der Waals surface area contributed by atoms with E-state index in [-0.39, 0.29) is 5.91 Å². The first-order chi connectivity index (χ1) is 12.1. The van der Waals surface area contributed by atoms with E-state index >= 15 is 0 Å². The number of carbonyl (C=O) groups is 1. The minimum atomic E-state index is -0.00907. The maximum Gasteiger partial charge on any atom is 0.264 e. The Bertz CT molecular complexity index is 1080. The van der Waals surface area contributed by atoms with E-state index < -0.39 is 0 Å². The summed E-state index contributed by atoms with van der Waals surface area (Å²) in [6.07, 6.45) is 0. The van der Waals surface area contributed by atoms with Gasteiger partial charge in [0, 0.05) is 29.1 Å². The Hall–Kier alpha value is -2.43. The van der Waals surface area contributed by atoms with Crippen LogP contribution < -0.4 is 0 Å². The van der Waals surface area contributed by atoms with Crippen LogP contribution in [0.4, 0.5) is 0 Å². The molecule has 5 heteroatoms. The van der Waals surface area contributed by atoms with Crippen molar-refractivity contribution in [2.45, 2.75) is 6.54 Å². The summed E-state index contributed by atoms with van der Waals surface area (Å²) in [7, 11) is 1.82. The first kappa shape index (κ1) is 16.1. The zero-order valence-corrected chi connectivity index (χ0v) is 15.1. The Labute approximate surface area is 154 Å². The van der Waals surface area contributed by atoms with Crippen molar-refractivity contribution in [2.75, 3.05) is 7.05 Å². The predicted octanol–water partition coefficient (Wildman–Crippen LogP) is 5.38. The highest BCUT2D eigenvalue weighted by Crippen LogP contribution is 2.36. The van der Waals surface area contributed by atoms with Gasteiger partial charge in [-0.05, 0) is 17.7 Å². The summed E-state index contributed by atoms with van der Waals surface area (Å²) < 4.78 is 1.01. The molecular weight excluding hydrogens is 352 g/mol. The number of thiophene rings is 1. The van der Waals surface area contributed by atoms with Gasteiger partial charge in [0.05, 0.1) is 10.4 Å². The standard InChI is InChI=1S/C20H15ClN2OS/c1-23(12-13-7-3-2-4-8-13)20(24)17-11-15-18(25-17)14-9-5-6-10-16(14)22-19(15)21/h2-11H,12H2,1H3. The quantitative estimate of drug-likeness (QED) is 0.456. The van der Waals surface area contributed by atoms with E-state index in [4.69, 9.17) is 11.6 Å². The monoisotopic (exact) mass is 366 g/mol. The van der Waals surface area contributed by atoms with Crippen molar-refractivity contribution in [3.63, 3.8) is 0 Å². The number of halogens is 1. The molecule has 0 bridgehead atoms. The van der Waals surface area contributed by atoms with Gasteiger partial charge in [0.25, 0.3) is 5.91 Å². The molecule has 0 saturated carbocycles. The molecule has 0 aliphatic carbocycles. The molecule has 25 heavy (non-hydrogen) atoms. The maximum atomic E-state index is 12.8. The van der Waals surface area contributed by atoms with Gasteiger partial charge in [-0.3, -0.25) is 4.79 Å². The number of pyridine rings is 1. The second-order valence-corrected chi connectivity index (χ2v) is 7.33. The van der Waals surface area contributed by atoms with Gasteiger partial charge in [0.2, 0.25) is 0 Å². The third kappa shape index (κ3) is 2.99. The van der Waals surface area contributed by atoms with Crippen LogP contribution in [0.25, 0.3) is 21.0 Å². The lowest BCUT2D eigenvalue weighted by atomic mass is 10.2. The fourth-order valence-electron chi connectivity index (χ4n) is 2.90. The zero-order valence-electron chi connectivity index (χ0n) is 13.6. The summed E-state index contributed by atoms with van der Waals surface area (Å²) in [4.78, 5) is 19.7. The zero-order chi connectivity index (χ0) is 17.4. The smallest absolute Gasteiger partial charge is 0.264 e. The molecule has 3 nitrogen and oxygen atoms in total. The van der Waals surface area contributed by atoms with Crippen molar-refractivity contribution in [2.24, 2.45) is 0 Å². The number of para-hydroxylation sites is 1. The van der Waals surface area contributed by atoms with Crippen LogP contribution in [0.2, 0.25) is 5.15 Å². The summed E-state index contributed by atoms with van der Waals surface area (Å²) in [5.41, 5.74) is 1.95. The van der Waals surface area contributed by atoms with Gasteiger partial charge < -0.3 is 4.90 Å². The highest BCUT2D eigenvalue weighted by atomic mass is 35.5. The first-order valence-electron chi connectivity index (χ1n) is 7.90. The van der Waals surface area contributed by atoms with Gasteiger partial charge in [-0.1, -0.05) is 60.1 Å². The Balaban J connectivity index is 1.73. The predicted molar refractivity (Wildman–Crippen MR) is 104 cm³/mol. The van der Waals surface area contributed by atoms with Gasteiger partial charge in [-0.2, -0.15) is 0 Å². The molecule has 0 N–H and O–H groups in total. The number of aromatic nitrogens is 1. The molecule has 0 unspecified atom stereocenters. The van der Waals surface area contributed by atoms with E-state index in [9.17, 15) is 4.79 Å². The number of carbonyl (C=O) groups excluding carboxylic acids is 1. The van der Waals surface area contributed by atoms with Gasteiger partial charge in [0.15, 0.2) is 0 Å². The summed E-state index contributed by atoms with van der Waals surface area (Å²) in [6.45, 7) is 0.570. The number of hydrogen-bond acceptors (Lipinski definition) is 3. The Morgan fingerprint density at radius 1 is 1.08 bits per heavy atom. The Morgan fingerprint density at radius 2 is 1.80 bits per heavy atom. The molecule has 0 saturated heterocycles. The molecule has 2 aromatic carbocycles. The minimum Gasteiger partial charge on any atom is -0.337 e. The molecule has 0 aliphatic rings. The molecule has 2 aromatic heterocycles. The fraction of sp³-hybridized carbons (Fsp3) is 0.100. The highest BCUT2D eigenvalue weighted by Gasteiger charge is 2.18. The van der Waals surface area contributed by atoms with Crippen molar-refractivity contribution < 1.29 is 4.79 Å². The van der Waals surface area contributed by atoms with E-state index in [1.54, 1.807) is 4.90 Å². The van der Waals surface area contributed by atoms with Gasteiger partial charge >= 0.3 is 0 Å². The van der Waals surface area contributed by atoms with Crippen molar-refractivity contribution in [1.29, 1.82) is 0 Å². The summed E-state index contributed by atoms with van der Waals surface area (Å²) in [5, 5.41) is 2.30. The molecule has 4 rings (SSSR count). The molecule has 0 spiro atoms. The van der Waals surface area contributed by atoms with E-state index in [0.29, 0.717) is 16.6 Å². The molecule has 124 valence electrons. The molecule has 4 aromatic rings. The third-order valence-corrected chi connectivity index (χ3v) is 5.59. The van der Waals surface area contributed by atoms with E-state index in [0.717, 1.165) is 26.6 Å². The first-order valence-corrected chi connectivity index (χ1v) is 9.10. The van der Waals surface area contributed by atoms with Crippen LogP contribution in [-0.4, -0.2) is 22.8 Å². The Morgan fingerprint density at radius 3 is 2.60 bits per heavy atom. The fourth-order valence-corrected chi connectivity index (χ4v) is 4.38. The van der Waals surface area contributed by atoms with E-state index in [1.807, 2.05) is 67.7 Å². The summed E-state index contributed by atoms with van der Waals surface area (Å²) in [6, 6.07) is 19.7. The van der Waals surface area contributed by atoms with Crippen LogP contribution in [0.3, 0.4) is 0 Å². The SMILES string of the molecule is CN(Cc1ccccc1)C(=O)c1cc2c(Cl)nc3ccccc3c2s1. The number of nitrogens with zero attached hydrogens (tertiary/aromatic N) is 2. The number of rotatable bonds is 3. The summed E-state index contributed by atoms with van der Waals surface area (Å²) >= 11 is 7.81. The lowest BCUT2D eigenvalue weighted by Gasteiger charge is -2.16. The number of fused-ring (bicyclic) bond motifs is 3. The molecule has 0 radical (unpaired) electrons. The van der Waals surface area contributed by atoms with Crippen molar-refractivity contribution in [3.05, 3.63) is 76.3 Å². The topological polar surface area (TPSA) is 33.2 Å². The van der Waals surface area contributed by atoms with Gasteiger partial charge in [-0.25, -0.2) is 4.98 Å². The largest absolute Gasteiger partial charge is 0.337 e. The van der Waals surface area contributed by atoms with Crippen molar-refractivity contribution in [1.82, 2.24) is 9.88 Å². The lowest BCUT2D eigenvalue weighted by molar-refractivity contribution is 0.0790. The maximum absolute atomic E-state index is 12.8. The van der Waals surface area contributed by atoms with Crippen LogP contribution in [0, 0.1) is 0 Å². The normalized spacial score (nSPS) is 11.1. The number of hydrogen-bond donors (Lipinski definition) is 0. The minimum absolute atomic E-state index is 0.00907. The highest BCUT2D eigenvalue weighted by molar-refractivity contribution is 7.21. The van der Waals surface area contributed by atoms with E-state index in [1.165, 1.54) is 11.3 Å². The number of benzene rings is 2. The van der Waals surface area contributed by atoms with Crippen LogP contribution in [0.15, 0.2) is 60.7 Å². The molecule has 0 aliphatic heterocycles. The molecule has 0 atom stereocenters. The molecule has 0 fully saturated rings. The Kier molecular flexibility index (Phi) is 4.15. The van der Waals surface area contributed by atoms with Crippen LogP contribution in [0.1, 0.15) is 15.2 Å².